The summed E-state index contributed by atoms with van der Waals surface area (Å²) in [5, 5.41) is 0. The standard InChI is InChI=1S/C11H27NO6SSi.C8H21NO3Si.C3H6O3S/c1-12(2,8-6-10-19(13,14)15)9-7-11-20(16-3,17-4)18-5;1-9(2)7-6-8-13(10-3,11-4)12-5;4-7(5)3-1-2-6-7/h6-11H2,1-5H3;6-8H2,1-5H3;1-3H2. The van der Waals surface area contributed by atoms with Crippen LogP contribution in [0.4, 0.5) is 0 Å². The van der Waals surface area contributed by atoms with Crippen LogP contribution in [0.3, 0.4) is 0 Å². The van der Waals surface area contributed by atoms with E-state index in [-0.39, 0.29) is 11.5 Å². The number of hydrogen-bond acceptors (Lipinski definition) is 13. The second kappa shape index (κ2) is 20.8. The van der Waals surface area contributed by atoms with E-state index in [0.29, 0.717) is 36.5 Å². The van der Waals surface area contributed by atoms with Crippen LogP contribution in [0.25, 0.3) is 0 Å². The van der Waals surface area contributed by atoms with Gasteiger partial charge in [0.25, 0.3) is 10.1 Å². The van der Waals surface area contributed by atoms with Crippen LogP contribution in [0, 0.1) is 0 Å². The molecular weight excluding hydrogens is 605 g/mol. The SMILES string of the molecule is CO[Si](CCCN(C)C)(OC)OC.CO[Si](CCC[N+](C)(C)CCCS(=O)(=O)[O-])(OC)OC.O=S1(=O)CCCO1. The molecule has 0 aromatic heterocycles. The maximum Gasteiger partial charge on any atom is 0.500 e. The molecule has 0 saturated carbocycles. The molecule has 0 aromatic carbocycles. The average Bonchev–Trinajstić information content (AvgIpc) is 3.28. The van der Waals surface area contributed by atoms with Crippen molar-refractivity contribution in [3.05, 3.63) is 0 Å². The highest BCUT2D eigenvalue weighted by Crippen LogP contribution is 2.17. The van der Waals surface area contributed by atoms with Crippen LogP contribution in [-0.2, 0) is 51.0 Å². The molecule has 244 valence electrons. The molecular formula is C22H54N2O12S2Si2. The maximum atomic E-state index is 10.6. The predicted molar refractivity (Wildman–Crippen MR) is 156 cm³/mol. The van der Waals surface area contributed by atoms with E-state index >= 15 is 0 Å². The summed E-state index contributed by atoms with van der Waals surface area (Å²) >= 11 is 0. The second-order valence-corrected chi connectivity index (χ2v) is 19.5. The lowest BCUT2D eigenvalue weighted by Gasteiger charge is -2.31. The summed E-state index contributed by atoms with van der Waals surface area (Å²) in [6.07, 6.45) is 2.91. The van der Waals surface area contributed by atoms with E-state index in [1.54, 1.807) is 42.7 Å². The number of rotatable bonds is 18. The van der Waals surface area contributed by atoms with Gasteiger partial charge in [0.05, 0.1) is 49.7 Å². The lowest BCUT2D eigenvalue weighted by molar-refractivity contribution is -0.890. The van der Waals surface area contributed by atoms with Crippen LogP contribution in [0.1, 0.15) is 25.7 Å². The van der Waals surface area contributed by atoms with Gasteiger partial charge in [0.15, 0.2) is 0 Å². The topological polar surface area (TPSA) is 159 Å². The second-order valence-electron chi connectivity index (χ2n) is 10.0. The van der Waals surface area contributed by atoms with Crippen LogP contribution in [-0.4, -0.2) is 157 Å². The minimum atomic E-state index is -4.12. The molecule has 0 aromatic rings. The van der Waals surface area contributed by atoms with Crippen LogP contribution >= 0.6 is 0 Å². The predicted octanol–water partition coefficient (Wildman–Crippen LogP) is 0.819. The lowest BCUT2D eigenvalue weighted by Crippen LogP contribution is -2.46. The van der Waals surface area contributed by atoms with Crippen LogP contribution < -0.4 is 0 Å². The summed E-state index contributed by atoms with van der Waals surface area (Å²) in [4.78, 5) is 2.14. The Morgan fingerprint density at radius 2 is 1.25 bits per heavy atom. The Kier molecular flexibility index (Phi) is 21.8. The third kappa shape index (κ3) is 20.8. The Bertz CT molecular complexity index is 825. The molecule has 0 bridgehead atoms. The van der Waals surface area contributed by atoms with Crippen molar-refractivity contribution in [1.29, 1.82) is 0 Å². The first-order valence-electron chi connectivity index (χ1n) is 13.0. The third-order valence-corrected chi connectivity index (χ3v) is 13.9. The molecule has 0 spiro atoms. The van der Waals surface area contributed by atoms with Crippen molar-refractivity contribution < 1.29 is 56.6 Å². The van der Waals surface area contributed by atoms with Crippen LogP contribution in [0.5, 0.6) is 0 Å². The van der Waals surface area contributed by atoms with Crippen molar-refractivity contribution in [2.75, 3.05) is 109 Å². The van der Waals surface area contributed by atoms with E-state index in [2.05, 4.69) is 23.2 Å². The van der Waals surface area contributed by atoms with Gasteiger partial charge in [0.2, 0.25) is 0 Å². The minimum absolute atomic E-state index is 0.201. The van der Waals surface area contributed by atoms with Gasteiger partial charge in [0, 0.05) is 73.3 Å². The van der Waals surface area contributed by atoms with E-state index in [4.69, 9.17) is 26.6 Å². The molecule has 1 saturated heterocycles. The van der Waals surface area contributed by atoms with Crippen LogP contribution in [0.15, 0.2) is 0 Å². The number of hydrogen-bond donors (Lipinski definition) is 0. The molecule has 1 heterocycles. The first-order chi connectivity index (χ1) is 18.4. The maximum absolute atomic E-state index is 10.6. The van der Waals surface area contributed by atoms with Gasteiger partial charge in [-0.15, -0.1) is 0 Å². The zero-order chi connectivity index (χ0) is 31.5. The van der Waals surface area contributed by atoms with Crippen molar-refractivity contribution >= 4 is 37.8 Å². The minimum Gasteiger partial charge on any atom is -0.748 e. The molecule has 1 rings (SSSR count). The van der Waals surface area contributed by atoms with Gasteiger partial charge in [-0.3, -0.25) is 4.18 Å². The molecule has 0 aliphatic carbocycles. The third-order valence-electron chi connectivity index (χ3n) is 6.16. The monoisotopic (exact) mass is 658 g/mol. The van der Waals surface area contributed by atoms with Crippen molar-refractivity contribution in [2.45, 2.75) is 37.8 Å². The Balaban J connectivity index is 0. The van der Waals surface area contributed by atoms with Crippen molar-refractivity contribution in [3.8, 4) is 0 Å². The Hall–Kier alpha value is -0.0662. The van der Waals surface area contributed by atoms with Crippen molar-refractivity contribution in [2.24, 2.45) is 0 Å². The summed E-state index contributed by atoms with van der Waals surface area (Å²) in [5.74, 6) is -0.103. The molecule has 0 atom stereocenters. The summed E-state index contributed by atoms with van der Waals surface area (Å²) in [5.41, 5.74) is 0. The molecule has 1 aliphatic rings. The van der Waals surface area contributed by atoms with Gasteiger partial charge in [-0.2, -0.15) is 8.42 Å². The largest absolute Gasteiger partial charge is 0.748 e. The Morgan fingerprint density at radius 3 is 1.55 bits per heavy atom. The average molecular weight is 659 g/mol. The molecule has 0 radical (unpaired) electrons. The molecule has 40 heavy (non-hydrogen) atoms. The van der Waals surface area contributed by atoms with E-state index in [0.717, 1.165) is 32.0 Å². The molecule has 0 amide bonds. The molecule has 1 fully saturated rings. The Labute approximate surface area is 245 Å². The summed E-state index contributed by atoms with van der Waals surface area (Å²) < 4.78 is 89.0. The fraction of sp³-hybridized carbons (Fsp3) is 1.00. The number of quaternary nitrogens is 1. The zero-order valence-electron chi connectivity index (χ0n) is 26.1. The van der Waals surface area contributed by atoms with E-state index in [9.17, 15) is 21.4 Å². The first-order valence-corrected chi connectivity index (χ1v) is 20.0. The highest BCUT2D eigenvalue weighted by molar-refractivity contribution is 7.86. The first kappa shape index (κ1) is 42.1. The summed E-state index contributed by atoms with van der Waals surface area (Å²) in [6.45, 7) is 2.89. The highest BCUT2D eigenvalue weighted by atomic mass is 32.2. The van der Waals surface area contributed by atoms with Gasteiger partial charge in [-0.1, -0.05) is 0 Å². The normalized spacial score (nSPS) is 15.8. The van der Waals surface area contributed by atoms with Gasteiger partial charge in [-0.25, -0.2) is 8.42 Å². The van der Waals surface area contributed by atoms with E-state index in [1.165, 1.54) is 0 Å². The molecule has 14 nitrogen and oxygen atoms in total. The van der Waals surface area contributed by atoms with Crippen molar-refractivity contribution in [3.63, 3.8) is 0 Å². The number of nitrogens with zero attached hydrogens (tertiary/aromatic N) is 2. The lowest BCUT2D eigenvalue weighted by atomic mass is 10.3. The Morgan fingerprint density at radius 1 is 0.825 bits per heavy atom. The van der Waals surface area contributed by atoms with Gasteiger partial charge in [-0.05, 0) is 33.5 Å². The molecule has 0 unspecified atom stereocenters. The van der Waals surface area contributed by atoms with Gasteiger partial charge >= 0.3 is 17.6 Å². The molecule has 0 N–H and O–H groups in total. The van der Waals surface area contributed by atoms with Gasteiger partial charge in [0.1, 0.15) is 0 Å². The van der Waals surface area contributed by atoms with Gasteiger partial charge < -0.3 is 40.5 Å². The van der Waals surface area contributed by atoms with E-state index < -0.39 is 37.8 Å². The fourth-order valence-electron chi connectivity index (χ4n) is 3.71. The smallest absolute Gasteiger partial charge is 0.500 e. The summed E-state index contributed by atoms with van der Waals surface area (Å²) in [6, 6.07) is 1.58. The van der Waals surface area contributed by atoms with E-state index in [1.807, 2.05) is 14.1 Å². The quantitative estimate of drug-likeness (QED) is 0.0883. The zero-order valence-corrected chi connectivity index (χ0v) is 29.7. The summed E-state index contributed by atoms with van der Waals surface area (Å²) in [7, 11) is 5.80. The molecule has 1 aliphatic heterocycles. The molecule has 18 heteroatoms. The van der Waals surface area contributed by atoms with Crippen molar-refractivity contribution in [1.82, 2.24) is 4.90 Å². The van der Waals surface area contributed by atoms with Crippen LogP contribution in [0.2, 0.25) is 12.1 Å². The fourth-order valence-corrected chi connectivity index (χ4v) is 8.56. The highest BCUT2D eigenvalue weighted by Gasteiger charge is 2.38.